The van der Waals surface area contributed by atoms with Crippen LogP contribution in [0.3, 0.4) is 0 Å². The van der Waals surface area contributed by atoms with E-state index in [1.807, 2.05) is 13.8 Å². The van der Waals surface area contributed by atoms with E-state index in [9.17, 15) is 4.79 Å². The number of hydrogen-bond acceptors (Lipinski definition) is 3. The Hall–Kier alpha value is -1.36. The van der Waals surface area contributed by atoms with Crippen LogP contribution in [0.5, 0.6) is 0 Å². The SMILES string of the molecule is CCOCCC(=O)NC(C)c1ncc[nH]1. The molecule has 1 amide bonds. The predicted molar refractivity (Wildman–Crippen MR) is 56.3 cm³/mol. The van der Waals surface area contributed by atoms with Gasteiger partial charge in [0.2, 0.25) is 5.91 Å². The second-order valence-electron chi connectivity index (χ2n) is 3.21. The molecule has 5 nitrogen and oxygen atoms in total. The average Bonchev–Trinajstić information content (AvgIpc) is 2.70. The van der Waals surface area contributed by atoms with E-state index in [2.05, 4.69) is 15.3 Å². The monoisotopic (exact) mass is 211 g/mol. The van der Waals surface area contributed by atoms with E-state index in [1.54, 1.807) is 12.4 Å². The number of carbonyl (C=O) groups is 1. The minimum Gasteiger partial charge on any atom is -0.381 e. The normalized spacial score (nSPS) is 12.4. The quantitative estimate of drug-likeness (QED) is 0.690. The maximum absolute atomic E-state index is 11.4. The maximum atomic E-state index is 11.4. The van der Waals surface area contributed by atoms with Crippen LogP contribution in [0.25, 0.3) is 0 Å². The molecule has 0 radical (unpaired) electrons. The summed E-state index contributed by atoms with van der Waals surface area (Å²) in [7, 11) is 0. The molecule has 0 aliphatic rings. The summed E-state index contributed by atoms with van der Waals surface area (Å²) in [6.07, 6.45) is 3.79. The fraction of sp³-hybridized carbons (Fsp3) is 0.600. The molecule has 5 heteroatoms. The first-order valence-corrected chi connectivity index (χ1v) is 5.10. The molecular formula is C10H17N3O2. The van der Waals surface area contributed by atoms with Crippen molar-refractivity contribution in [3.05, 3.63) is 18.2 Å². The number of nitrogens with zero attached hydrogens (tertiary/aromatic N) is 1. The summed E-state index contributed by atoms with van der Waals surface area (Å²) in [6, 6.07) is -0.0888. The van der Waals surface area contributed by atoms with Crippen LogP contribution in [0.4, 0.5) is 0 Å². The largest absolute Gasteiger partial charge is 0.381 e. The van der Waals surface area contributed by atoms with Crippen LogP contribution in [0.15, 0.2) is 12.4 Å². The Kier molecular flexibility index (Phi) is 4.83. The van der Waals surface area contributed by atoms with Crippen molar-refractivity contribution in [2.24, 2.45) is 0 Å². The van der Waals surface area contributed by atoms with Gasteiger partial charge in [-0.05, 0) is 13.8 Å². The molecule has 0 bridgehead atoms. The van der Waals surface area contributed by atoms with E-state index < -0.39 is 0 Å². The van der Waals surface area contributed by atoms with Crippen molar-refractivity contribution in [1.82, 2.24) is 15.3 Å². The number of aromatic amines is 1. The molecule has 0 saturated heterocycles. The van der Waals surface area contributed by atoms with Gasteiger partial charge in [-0.15, -0.1) is 0 Å². The van der Waals surface area contributed by atoms with E-state index in [1.165, 1.54) is 0 Å². The smallest absolute Gasteiger partial charge is 0.222 e. The van der Waals surface area contributed by atoms with Gasteiger partial charge in [-0.1, -0.05) is 0 Å². The standard InChI is InChI=1S/C10H17N3O2/c1-3-15-7-4-9(14)13-8(2)10-11-5-6-12-10/h5-6,8H,3-4,7H2,1-2H3,(H,11,12)(H,13,14). The van der Waals surface area contributed by atoms with Crippen LogP contribution in [0.1, 0.15) is 32.1 Å². The average molecular weight is 211 g/mol. The van der Waals surface area contributed by atoms with Gasteiger partial charge in [-0.3, -0.25) is 4.79 Å². The van der Waals surface area contributed by atoms with E-state index in [4.69, 9.17) is 4.74 Å². The van der Waals surface area contributed by atoms with E-state index in [0.717, 1.165) is 5.82 Å². The first-order valence-electron chi connectivity index (χ1n) is 5.10. The molecule has 0 aliphatic carbocycles. The summed E-state index contributed by atoms with van der Waals surface area (Å²) in [6.45, 7) is 4.90. The Labute approximate surface area is 89.2 Å². The number of aromatic nitrogens is 2. The van der Waals surface area contributed by atoms with Crippen LogP contribution in [0.2, 0.25) is 0 Å². The maximum Gasteiger partial charge on any atom is 0.222 e. The molecular weight excluding hydrogens is 194 g/mol. The van der Waals surface area contributed by atoms with Gasteiger partial charge in [0.15, 0.2) is 0 Å². The molecule has 0 aliphatic heterocycles. The van der Waals surface area contributed by atoms with Gasteiger partial charge in [0, 0.05) is 25.4 Å². The van der Waals surface area contributed by atoms with E-state index in [-0.39, 0.29) is 11.9 Å². The first-order chi connectivity index (χ1) is 7.24. The highest BCUT2D eigenvalue weighted by molar-refractivity contribution is 5.76. The Morgan fingerprint density at radius 3 is 3.13 bits per heavy atom. The van der Waals surface area contributed by atoms with Gasteiger partial charge < -0.3 is 15.0 Å². The topological polar surface area (TPSA) is 67.0 Å². The molecule has 0 spiro atoms. The molecule has 1 aromatic rings. The van der Waals surface area contributed by atoms with Crippen molar-refractivity contribution in [2.75, 3.05) is 13.2 Å². The fourth-order valence-electron chi connectivity index (χ4n) is 1.21. The number of carbonyl (C=O) groups excluding carboxylic acids is 1. The van der Waals surface area contributed by atoms with Crippen LogP contribution in [-0.4, -0.2) is 29.1 Å². The highest BCUT2D eigenvalue weighted by Crippen LogP contribution is 2.04. The number of imidazole rings is 1. The number of hydrogen-bond donors (Lipinski definition) is 2. The van der Waals surface area contributed by atoms with Crippen molar-refractivity contribution in [3.63, 3.8) is 0 Å². The van der Waals surface area contributed by atoms with Crippen LogP contribution >= 0.6 is 0 Å². The van der Waals surface area contributed by atoms with Crippen LogP contribution in [0, 0.1) is 0 Å². The van der Waals surface area contributed by atoms with Crippen LogP contribution in [-0.2, 0) is 9.53 Å². The Balaban J connectivity index is 2.26. The lowest BCUT2D eigenvalue weighted by atomic mass is 10.3. The summed E-state index contributed by atoms with van der Waals surface area (Å²) in [5, 5.41) is 2.83. The van der Waals surface area contributed by atoms with E-state index >= 15 is 0 Å². The molecule has 0 saturated carbocycles. The third-order valence-corrected chi connectivity index (χ3v) is 1.98. The molecule has 1 unspecified atom stereocenters. The van der Waals surface area contributed by atoms with Gasteiger partial charge in [0.25, 0.3) is 0 Å². The Morgan fingerprint density at radius 2 is 2.53 bits per heavy atom. The lowest BCUT2D eigenvalue weighted by Gasteiger charge is -2.11. The molecule has 1 aromatic heterocycles. The van der Waals surface area contributed by atoms with Crippen molar-refractivity contribution < 1.29 is 9.53 Å². The van der Waals surface area contributed by atoms with Gasteiger partial charge in [-0.25, -0.2) is 4.98 Å². The molecule has 2 N–H and O–H groups in total. The van der Waals surface area contributed by atoms with Crippen molar-refractivity contribution in [3.8, 4) is 0 Å². The van der Waals surface area contributed by atoms with Gasteiger partial charge in [0.05, 0.1) is 12.6 Å². The molecule has 1 heterocycles. The lowest BCUT2D eigenvalue weighted by Crippen LogP contribution is -2.28. The Bertz CT molecular complexity index is 285. The molecule has 1 atom stereocenters. The molecule has 0 aromatic carbocycles. The van der Waals surface area contributed by atoms with E-state index in [0.29, 0.717) is 19.6 Å². The third-order valence-electron chi connectivity index (χ3n) is 1.98. The van der Waals surface area contributed by atoms with Crippen molar-refractivity contribution in [2.45, 2.75) is 26.3 Å². The molecule has 1 rings (SSSR count). The van der Waals surface area contributed by atoms with Crippen molar-refractivity contribution >= 4 is 5.91 Å². The number of nitrogens with one attached hydrogen (secondary N) is 2. The third kappa shape index (κ3) is 4.12. The molecule has 84 valence electrons. The summed E-state index contributed by atoms with van der Waals surface area (Å²) in [5.74, 6) is 0.743. The summed E-state index contributed by atoms with van der Waals surface area (Å²) in [5.41, 5.74) is 0. The summed E-state index contributed by atoms with van der Waals surface area (Å²) < 4.78 is 5.09. The second kappa shape index (κ2) is 6.19. The van der Waals surface area contributed by atoms with Gasteiger partial charge in [0.1, 0.15) is 5.82 Å². The number of rotatable bonds is 6. The minimum absolute atomic E-state index is 0.0210. The summed E-state index contributed by atoms with van der Waals surface area (Å²) in [4.78, 5) is 18.4. The predicted octanol–water partition coefficient (Wildman–Crippen LogP) is 1.01. The first kappa shape index (κ1) is 11.7. The zero-order valence-corrected chi connectivity index (χ0v) is 9.12. The zero-order valence-electron chi connectivity index (χ0n) is 9.12. The highest BCUT2D eigenvalue weighted by Gasteiger charge is 2.10. The number of H-pyrrole nitrogens is 1. The zero-order chi connectivity index (χ0) is 11.1. The highest BCUT2D eigenvalue weighted by atomic mass is 16.5. The fourth-order valence-corrected chi connectivity index (χ4v) is 1.21. The van der Waals surface area contributed by atoms with Crippen molar-refractivity contribution in [1.29, 1.82) is 0 Å². The lowest BCUT2D eigenvalue weighted by molar-refractivity contribution is -0.122. The van der Waals surface area contributed by atoms with Gasteiger partial charge >= 0.3 is 0 Å². The second-order valence-corrected chi connectivity index (χ2v) is 3.21. The molecule has 0 fully saturated rings. The number of amides is 1. The molecule has 15 heavy (non-hydrogen) atoms. The van der Waals surface area contributed by atoms with Crippen LogP contribution < -0.4 is 5.32 Å². The number of ether oxygens (including phenoxy) is 1. The minimum atomic E-state index is -0.0888. The summed E-state index contributed by atoms with van der Waals surface area (Å²) >= 11 is 0. The Morgan fingerprint density at radius 1 is 1.73 bits per heavy atom. The van der Waals surface area contributed by atoms with Gasteiger partial charge in [-0.2, -0.15) is 0 Å².